The van der Waals surface area contributed by atoms with E-state index in [1.807, 2.05) is 0 Å². The normalized spacial score (nSPS) is 24.7. The number of H-pyrrole nitrogens is 1. The van der Waals surface area contributed by atoms with E-state index in [0.29, 0.717) is 45.1 Å². The molecule has 3 fully saturated rings. The van der Waals surface area contributed by atoms with Crippen LogP contribution >= 0.6 is 11.6 Å². The SMILES string of the molecule is O=C(N[C@H]1CC[C@@]2(CCCN(c3cc(F)c(F)cc3Cl)C2=O)CC1)c1[nH]cnc1C(=O)N1CC(F)C1. The lowest BCUT2D eigenvalue weighted by molar-refractivity contribution is -0.132. The Hall–Kier alpha value is -3.08. The van der Waals surface area contributed by atoms with E-state index in [4.69, 9.17) is 11.6 Å². The maximum Gasteiger partial charge on any atom is 0.275 e. The van der Waals surface area contributed by atoms with Crippen molar-refractivity contribution in [3.05, 3.63) is 46.5 Å². The summed E-state index contributed by atoms with van der Waals surface area (Å²) in [7, 11) is 0. The molecule has 3 heterocycles. The van der Waals surface area contributed by atoms with E-state index in [0.717, 1.165) is 12.1 Å². The molecule has 1 aromatic heterocycles. The maximum absolute atomic E-state index is 13.9. The number of anilines is 1. The molecule has 12 heteroatoms. The molecule has 2 aromatic rings. The fourth-order valence-corrected chi connectivity index (χ4v) is 5.68. The van der Waals surface area contributed by atoms with Crippen LogP contribution in [-0.4, -0.2) is 64.4 Å². The second-order valence-corrected chi connectivity index (χ2v) is 10.1. The van der Waals surface area contributed by atoms with Gasteiger partial charge in [0.1, 0.15) is 11.9 Å². The van der Waals surface area contributed by atoms with Gasteiger partial charge in [-0.05, 0) is 44.6 Å². The number of amides is 3. The fraction of sp³-hybridized carbons (Fsp3) is 0.500. The minimum Gasteiger partial charge on any atom is -0.348 e. The molecule has 1 saturated carbocycles. The van der Waals surface area contributed by atoms with Crippen molar-refractivity contribution < 1.29 is 27.6 Å². The first kappa shape index (κ1) is 24.6. The van der Waals surface area contributed by atoms with Gasteiger partial charge in [0, 0.05) is 24.1 Å². The van der Waals surface area contributed by atoms with Gasteiger partial charge in [0.05, 0.1) is 30.1 Å². The van der Waals surface area contributed by atoms with Gasteiger partial charge in [-0.1, -0.05) is 11.6 Å². The summed E-state index contributed by atoms with van der Waals surface area (Å²) in [5, 5.41) is 2.89. The number of carbonyl (C=O) groups excluding carboxylic acids is 3. The third-order valence-corrected chi connectivity index (χ3v) is 7.79. The third-order valence-electron chi connectivity index (χ3n) is 7.49. The van der Waals surface area contributed by atoms with Crippen molar-refractivity contribution in [2.75, 3.05) is 24.5 Å². The Balaban J connectivity index is 1.23. The Morgan fingerprint density at radius 2 is 1.83 bits per heavy atom. The van der Waals surface area contributed by atoms with E-state index in [2.05, 4.69) is 15.3 Å². The topological polar surface area (TPSA) is 98.4 Å². The van der Waals surface area contributed by atoms with E-state index in [-0.39, 0.29) is 47.1 Å². The Kier molecular flexibility index (Phi) is 6.44. The van der Waals surface area contributed by atoms with Gasteiger partial charge in [-0.2, -0.15) is 0 Å². The minimum absolute atomic E-state index is 0.0156. The largest absolute Gasteiger partial charge is 0.348 e. The quantitative estimate of drug-likeness (QED) is 0.598. The van der Waals surface area contributed by atoms with Crippen molar-refractivity contribution in [3.8, 4) is 0 Å². The first-order valence-electron chi connectivity index (χ1n) is 11.9. The molecule has 2 saturated heterocycles. The number of benzene rings is 1. The van der Waals surface area contributed by atoms with Crippen LogP contribution in [0.2, 0.25) is 5.02 Å². The lowest BCUT2D eigenvalue weighted by atomic mass is 9.67. The molecule has 2 N–H and O–H groups in total. The molecule has 2 aliphatic heterocycles. The standard InChI is InChI=1S/C24H25ClF3N5O3/c25-15-8-16(27)17(28)9-18(15)33-7-1-4-24(23(33)36)5-2-14(3-6-24)31-21(34)19-20(30-12-29-19)22(35)32-10-13(26)11-32/h8-9,12-14H,1-7,10-11H2,(H,29,30)(H,31,34)/t14-,24-. The molecule has 0 bridgehead atoms. The zero-order valence-corrected chi connectivity index (χ0v) is 20.1. The number of imidazole rings is 1. The molecular weight excluding hydrogens is 499 g/mol. The average molecular weight is 524 g/mol. The molecule has 36 heavy (non-hydrogen) atoms. The number of piperidine rings is 1. The molecule has 1 aromatic carbocycles. The van der Waals surface area contributed by atoms with E-state index in [9.17, 15) is 27.6 Å². The smallest absolute Gasteiger partial charge is 0.275 e. The van der Waals surface area contributed by atoms with Gasteiger partial charge >= 0.3 is 0 Å². The molecule has 1 spiro atoms. The summed E-state index contributed by atoms with van der Waals surface area (Å²) in [6.45, 7) is 0.332. The van der Waals surface area contributed by atoms with Gasteiger partial charge in [0.25, 0.3) is 11.8 Å². The summed E-state index contributed by atoms with van der Waals surface area (Å²) in [6, 6.07) is 1.61. The van der Waals surface area contributed by atoms with Crippen LogP contribution in [0.25, 0.3) is 0 Å². The van der Waals surface area contributed by atoms with Gasteiger partial charge in [0.2, 0.25) is 5.91 Å². The zero-order valence-electron chi connectivity index (χ0n) is 19.3. The monoisotopic (exact) mass is 523 g/mol. The van der Waals surface area contributed by atoms with Crippen LogP contribution in [0.5, 0.6) is 0 Å². The number of carbonyl (C=O) groups is 3. The first-order valence-corrected chi connectivity index (χ1v) is 12.3. The summed E-state index contributed by atoms with van der Waals surface area (Å²) in [4.78, 5) is 48.2. The van der Waals surface area contributed by atoms with Crippen LogP contribution in [0.15, 0.2) is 18.5 Å². The molecule has 3 aliphatic rings. The summed E-state index contributed by atoms with van der Waals surface area (Å²) in [6.07, 6.45) is 3.63. The lowest BCUT2D eigenvalue weighted by Crippen LogP contribution is -2.53. The van der Waals surface area contributed by atoms with Crippen molar-refractivity contribution in [3.63, 3.8) is 0 Å². The van der Waals surface area contributed by atoms with Crippen molar-refractivity contribution in [1.29, 1.82) is 0 Å². The summed E-state index contributed by atoms with van der Waals surface area (Å²) in [5.41, 5.74) is -0.528. The Bertz CT molecular complexity index is 1210. The second-order valence-electron chi connectivity index (χ2n) is 9.74. The second kappa shape index (κ2) is 9.42. The number of aromatic nitrogens is 2. The minimum atomic E-state index is -1.07. The number of hydrogen-bond acceptors (Lipinski definition) is 4. The highest BCUT2D eigenvalue weighted by molar-refractivity contribution is 6.33. The predicted molar refractivity (Wildman–Crippen MR) is 124 cm³/mol. The van der Waals surface area contributed by atoms with Gasteiger partial charge < -0.3 is 20.1 Å². The number of nitrogens with zero attached hydrogens (tertiary/aromatic N) is 3. The van der Waals surface area contributed by atoms with Crippen LogP contribution < -0.4 is 10.2 Å². The Morgan fingerprint density at radius 3 is 2.53 bits per heavy atom. The Labute approximate surface area is 210 Å². The molecule has 1 aliphatic carbocycles. The summed E-state index contributed by atoms with van der Waals surface area (Å²) < 4.78 is 40.5. The predicted octanol–water partition coefficient (Wildman–Crippen LogP) is 3.62. The maximum atomic E-state index is 13.9. The van der Waals surface area contributed by atoms with E-state index in [1.165, 1.54) is 16.1 Å². The van der Waals surface area contributed by atoms with Crippen molar-refractivity contribution in [1.82, 2.24) is 20.2 Å². The molecule has 3 amide bonds. The number of aromatic amines is 1. The number of halogens is 4. The van der Waals surface area contributed by atoms with Crippen LogP contribution in [0, 0.1) is 17.0 Å². The molecule has 8 nitrogen and oxygen atoms in total. The van der Waals surface area contributed by atoms with Crippen LogP contribution in [0.1, 0.15) is 59.5 Å². The lowest BCUT2D eigenvalue weighted by Gasteiger charge is -2.45. The Morgan fingerprint density at radius 1 is 1.14 bits per heavy atom. The highest BCUT2D eigenvalue weighted by Crippen LogP contribution is 2.46. The summed E-state index contributed by atoms with van der Waals surface area (Å²) in [5.74, 6) is -3.30. The van der Waals surface area contributed by atoms with Crippen LogP contribution in [-0.2, 0) is 4.79 Å². The number of hydrogen-bond donors (Lipinski definition) is 2. The van der Waals surface area contributed by atoms with Crippen molar-refractivity contribution in [2.45, 2.75) is 50.7 Å². The number of rotatable bonds is 4. The first-order chi connectivity index (χ1) is 17.2. The average Bonchev–Trinajstić information content (AvgIpc) is 3.33. The van der Waals surface area contributed by atoms with Gasteiger partial charge in [-0.25, -0.2) is 18.2 Å². The molecule has 0 atom stereocenters. The molecule has 5 rings (SSSR count). The van der Waals surface area contributed by atoms with Gasteiger partial charge in [0.15, 0.2) is 17.3 Å². The molecule has 192 valence electrons. The van der Waals surface area contributed by atoms with E-state index >= 15 is 0 Å². The molecule has 0 radical (unpaired) electrons. The van der Waals surface area contributed by atoms with Gasteiger partial charge in [-0.15, -0.1) is 0 Å². The zero-order chi connectivity index (χ0) is 25.6. The van der Waals surface area contributed by atoms with Crippen molar-refractivity contribution >= 4 is 35.0 Å². The summed E-state index contributed by atoms with van der Waals surface area (Å²) >= 11 is 6.13. The molecule has 0 unspecified atom stereocenters. The highest BCUT2D eigenvalue weighted by Gasteiger charge is 2.47. The van der Waals surface area contributed by atoms with Gasteiger partial charge in [-0.3, -0.25) is 14.4 Å². The number of nitrogens with one attached hydrogen (secondary N) is 2. The highest BCUT2D eigenvalue weighted by atomic mass is 35.5. The number of alkyl halides is 1. The number of likely N-dealkylation sites (tertiary alicyclic amines) is 1. The van der Waals surface area contributed by atoms with Crippen molar-refractivity contribution in [2.24, 2.45) is 5.41 Å². The van der Waals surface area contributed by atoms with E-state index < -0.39 is 35.0 Å². The van der Waals surface area contributed by atoms with Crippen LogP contribution in [0.4, 0.5) is 18.9 Å². The van der Waals surface area contributed by atoms with Crippen LogP contribution in [0.3, 0.4) is 0 Å². The van der Waals surface area contributed by atoms with E-state index in [1.54, 1.807) is 0 Å². The molecular formula is C24H25ClF3N5O3. The third kappa shape index (κ3) is 4.33. The fourth-order valence-electron chi connectivity index (χ4n) is 5.43.